The van der Waals surface area contributed by atoms with Crippen LogP contribution in [-0.4, -0.2) is 41.6 Å². The zero-order valence-corrected chi connectivity index (χ0v) is 17.4. The van der Waals surface area contributed by atoms with Crippen molar-refractivity contribution < 1.29 is 14.3 Å². The van der Waals surface area contributed by atoms with Crippen LogP contribution in [0.4, 0.5) is 10.5 Å². The van der Waals surface area contributed by atoms with Gasteiger partial charge in [-0.3, -0.25) is 4.79 Å². The van der Waals surface area contributed by atoms with Crippen LogP contribution in [0.3, 0.4) is 0 Å². The molecule has 0 saturated carbocycles. The van der Waals surface area contributed by atoms with Crippen molar-refractivity contribution in [3.05, 3.63) is 59.6 Å². The molecule has 2 aromatic rings. The van der Waals surface area contributed by atoms with Gasteiger partial charge in [0, 0.05) is 29.8 Å². The molecule has 3 rings (SSSR count). The van der Waals surface area contributed by atoms with E-state index in [4.69, 9.17) is 16.3 Å². The molecule has 0 bridgehead atoms. The third-order valence-corrected chi connectivity index (χ3v) is 5.13. The Morgan fingerprint density at radius 3 is 2.28 bits per heavy atom. The monoisotopic (exact) mass is 415 g/mol. The van der Waals surface area contributed by atoms with E-state index in [0.29, 0.717) is 36.7 Å². The Bertz CT molecular complexity index is 832. The fourth-order valence-corrected chi connectivity index (χ4v) is 3.28. The number of benzene rings is 2. The Morgan fingerprint density at radius 2 is 1.66 bits per heavy atom. The summed E-state index contributed by atoms with van der Waals surface area (Å²) in [5, 5.41) is 6.56. The number of ether oxygens (including phenoxy) is 1. The van der Waals surface area contributed by atoms with E-state index in [9.17, 15) is 9.59 Å². The molecule has 1 fully saturated rings. The number of likely N-dealkylation sites (tertiary alicyclic amines) is 1. The fourth-order valence-electron chi connectivity index (χ4n) is 3.15. The molecule has 6 nitrogen and oxygen atoms in total. The molecule has 29 heavy (non-hydrogen) atoms. The van der Waals surface area contributed by atoms with E-state index in [1.54, 1.807) is 43.0 Å². The maximum Gasteiger partial charge on any atom is 0.321 e. The smallest absolute Gasteiger partial charge is 0.321 e. The summed E-state index contributed by atoms with van der Waals surface area (Å²) in [6, 6.07) is 16.2. The van der Waals surface area contributed by atoms with Crippen molar-refractivity contribution in [3.8, 4) is 5.75 Å². The van der Waals surface area contributed by atoms with Crippen molar-refractivity contribution >= 4 is 29.2 Å². The van der Waals surface area contributed by atoms with Gasteiger partial charge in [0.2, 0.25) is 0 Å². The quantitative estimate of drug-likeness (QED) is 0.764. The van der Waals surface area contributed by atoms with Crippen LogP contribution in [0.25, 0.3) is 0 Å². The van der Waals surface area contributed by atoms with Gasteiger partial charge in [0.05, 0.1) is 0 Å². The summed E-state index contributed by atoms with van der Waals surface area (Å²) in [7, 11) is 0. The molecule has 1 saturated heterocycles. The molecule has 0 spiro atoms. The third-order valence-electron chi connectivity index (χ3n) is 4.88. The van der Waals surface area contributed by atoms with Gasteiger partial charge in [-0.05, 0) is 63.1 Å². The third kappa shape index (κ3) is 5.87. The minimum atomic E-state index is -1.02. The minimum Gasteiger partial charge on any atom is -0.478 e. The Morgan fingerprint density at radius 1 is 1.03 bits per heavy atom. The highest BCUT2D eigenvalue weighted by molar-refractivity contribution is 6.30. The average molecular weight is 416 g/mol. The van der Waals surface area contributed by atoms with Crippen LogP contribution in [0, 0.1) is 0 Å². The fraction of sp³-hybridized carbons (Fsp3) is 0.364. The number of carbonyl (C=O) groups is 2. The standard InChI is InChI=1S/C22H26ClN3O3/c1-22(2,29-19-10-8-16(23)9-11-19)20(27)24-18-12-14-26(15-13-18)21(28)25-17-6-4-3-5-7-17/h3-11,18H,12-15H2,1-2H3,(H,24,27)(H,25,28). The summed E-state index contributed by atoms with van der Waals surface area (Å²) in [5.41, 5.74) is -0.246. The first-order valence-corrected chi connectivity index (χ1v) is 10.1. The first-order valence-electron chi connectivity index (χ1n) is 9.70. The van der Waals surface area contributed by atoms with Crippen molar-refractivity contribution in [2.75, 3.05) is 18.4 Å². The van der Waals surface area contributed by atoms with Crippen LogP contribution < -0.4 is 15.4 Å². The van der Waals surface area contributed by atoms with Crippen LogP contribution >= 0.6 is 11.6 Å². The maximum absolute atomic E-state index is 12.7. The predicted molar refractivity (Wildman–Crippen MR) is 114 cm³/mol. The average Bonchev–Trinajstić information content (AvgIpc) is 2.71. The molecule has 0 radical (unpaired) electrons. The summed E-state index contributed by atoms with van der Waals surface area (Å²) < 4.78 is 5.84. The second-order valence-corrected chi connectivity index (χ2v) is 8.03. The Hall–Kier alpha value is -2.73. The first-order chi connectivity index (χ1) is 13.8. The SMILES string of the molecule is CC(C)(Oc1ccc(Cl)cc1)C(=O)NC1CCN(C(=O)Nc2ccccc2)CC1. The van der Waals surface area contributed by atoms with Gasteiger partial charge in [0.15, 0.2) is 5.60 Å². The lowest BCUT2D eigenvalue weighted by molar-refractivity contribution is -0.135. The first kappa shape index (κ1) is 21.0. The number of anilines is 1. The van der Waals surface area contributed by atoms with Gasteiger partial charge in [-0.15, -0.1) is 0 Å². The van der Waals surface area contributed by atoms with Crippen molar-refractivity contribution in [2.45, 2.75) is 38.3 Å². The van der Waals surface area contributed by atoms with E-state index in [1.165, 1.54) is 0 Å². The summed E-state index contributed by atoms with van der Waals surface area (Å²) in [6.07, 6.45) is 1.40. The molecule has 0 aliphatic carbocycles. The van der Waals surface area contributed by atoms with E-state index < -0.39 is 5.60 Å². The summed E-state index contributed by atoms with van der Waals surface area (Å²) >= 11 is 5.89. The summed E-state index contributed by atoms with van der Waals surface area (Å²) in [5.74, 6) is 0.404. The zero-order chi connectivity index (χ0) is 20.9. The number of piperidine rings is 1. The number of hydrogen-bond acceptors (Lipinski definition) is 3. The normalized spacial score (nSPS) is 14.9. The highest BCUT2D eigenvalue weighted by Crippen LogP contribution is 2.22. The molecule has 0 aromatic heterocycles. The van der Waals surface area contributed by atoms with Gasteiger partial charge in [-0.1, -0.05) is 29.8 Å². The number of nitrogens with zero attached hydrogens (tertiary/aromatic N) is 1. The Labute approximate surface area is 176 Å². The number of para-hydroxylation sites is 1. The Balaban J connectivity index is 1.47. The molecular formula is C22H26ClN3O3. The van der Waals surface area contributed by atoms with Crippen molar-refractivity contribution in [1.29, 1.82) is 0 Å². The summed E-state index contributed by atoms with van der Waals surface area (Å²) in [4.78, 5) is 26.9. The molecule has 0 atom stereocenters. The van der Waals surface area contributed by atoms with Gasteiger partial charge in [-0.25, -0.2) is 4.79 Å². The lowest BCUT2D eigenvalue weighted by Crippen LogP contribution is -2.53. The lowest BCUT2D eigenvalue weighted by Gasteiger charge is -2.34. The molecule has 3 amide bonds. The van der Waals surface area contributed by atoms with Crippen LogP contribution in [-0.2, 0) is 4.79 Å². The summed E-state index contributed by atoms with van der Waals surface area (Å²) in [6.45, 7) is 4.64. The van der Waals surface area contributed by atoms with Gasteiger partial charge in [0.1, 0.15) is 5.75 Å². The number of nitrogens with one attached hydrogen (secondary N) is 2. The number of halogens is 1. The second kappa shape index (κ2) is 9.18. The highest BCUT2D eigenvalue weighted by Gasteiger charge is 2.33. The Kier molecular flexibility index (Phi) is 6.64. The molecule has 1 aliphatic heterocycles. The largest absolute Gasteiger partial charge is 0.478 e. The molecule has 1 aliphatic rings. The van der Waals surface area contributed by atoms with Crippen LogP contribution in [0.5, 0.6) is 5.75 Å². The number of amides is 3. The van der Waals surface area contributed by atoms with Gasteiger partial charge < -0.3 is 20.3 Å². The lowest BCUT2D eigenvalue weighted by atomic mass is 10.0. The van der Waals surface area contributed by atoms with E-state index in [0.717, 1.165) is 5.69 Å². The predicted octanol–water partition coefficient (Wildman–Crippen LogP) is 4.31. The topological polar surface area (TPSA) is 70.7 Å². The molecular weight excluding hydrogens is 390 g/mol. The van der Waals surface area contributed by atoms with Crippen molar-refractivity contribution in [3.63, 3.8) is 0 Å². The van der Waals surface area contributed by atoms with Gasteiger partial charge >= 0.3 is 6.03 Å². The number of rotatable bonds is 5. The van der Waals surface area contributed by atoms with Crippen molar-refractivity contribution in [1.82, 2.24) is 10.2 Å². The second-order valence-electron chi connectivity index (χ2n) is 7.60. The van der Waals surface area contributed by atoms with E-state index in [-0.39, 0.29) is 18.0 Å². The molecule has 2 N–H and O–H groups in total. The van der Waals surface area contributed by atoms with Crippen molar-refractivity contribution in [2.24, 2.45) is 0 Å². The van der Waals surface area contributed by atoms with E-state index in [1.807, 2.05) is 30.3 Å². The molecule has 1 heterocycles. The van der Waals surface area contributed by atoms with Crippen LogP contribution in [0.2, 0.25) is 5.02 Å². The number of urea groups is 1. The van der Waals surface area contributed by atoms with Crippen LogP contribution in [0.15, 0.2) is 54.6 Å². The molecule has 7 heteroatoms. The highest BCUT2D eigenvalue weighted by atomic mass is 35.5. The zero-order valence-electron chi connectivity index (χ0n) is 16.7. The number of hydrogen-bond donors (Lipinski definition) is 2. The van der Waals surface area contributed by atoms with E-state index in [2.05, 4.69) is 10.6 Å². The van der Waals surface area contributed by atoms with Gasteiger partial charge in [0.25, 0.3) is 5.91 Å². The number of carbonyl (C=O) groups excluding carboxylic acids is 2. The van der Waals surface area contributed by atoms with Gasteiger partial charge in [-0.2, -0.15) is 0 Å². The maximum atomic E-state index is 12.7. The molecule has 154 valence electrons. The molecule has 2 aromatic carbocycles. The molecule has 0 unspecified atom stereocenters. The van der Waals surface area contributed by atoms with E-state index >= 15 is 0 Å². The van der Waals surface area contributed by atoms with Crippen LogP contribution in [0.1, 0.15) is 26.7 Å². The minimum absolute atomic E-state index is 0.0105.